The SMILES string of the molecule is CCOC(=O)C(F)[C@@H](N)c1cc(C(C)(C)C)cc(C(C)(C)C)c1O.Cl. The van der Waals surface area contributed by atoms with Gasteiger partial charge in [-0.15, -0.1) is 12.4 Å². The zero-order valence-electron chi connectivity index (χ0n) is 16.1. The van der Waals surface area contributed by atoms with Crippen LogP contribution in [0.5, 0.6) is 5.75 Å². The summed E-state index contributed by atoms with van der Waals surface area (Å²) < 4.78 is 19.1. The Morgan fingerprint density at radius 3 is 2.12 bits per heavy atom. The molecule has 4 nitrogen and oxygen atoms in total. The van der Waals surface area contributed by atoms with Crippen molar-refractivity contribution in [3.8, 4) is 5.75 Å². The summed E-state index contributed by atoms with van der Waals surface area (Å²) in [4.78, 5) is 11.7. The van der Waals surface area contributed by atoms with Crippen molar-refractivity contribution in [2.45, 2.75) is 71.5 Å². The minimum Gasteiger partial charge on any atom is -0.507 e. The number of hydrogen-bond donors (Lipinski definition) is 2. The number of rotatable bonds is 4. The lowest BCUT2D eigenvalue weighted by atomic mass is 9.78. The first-order chi connectivity index (χ1) is 10.8. The maximum Gasteiger partial charge on any atom is 0.342 e. The fourth-order valence-corrected chi connectivity index (χ4v) is 2.44. The first-order valence-electron chi connectivity index (χ1n) is 8.24. The summed E-state index contributed by atoms with van der Waals surface area (Å²) in [5.41, 5.74) is 7.23. The van der Waals surface area contributed by atoms with E-state index < -0.39 is 18.2 Å². The van der Waals surface area contributed by atoms with Crippen molar-refractivity contribution in [1.82, 2.24) is 0 Å². The van der Waals surface area contributed by atoms with Gasteiger partial charge in [0.2, 0.25) is 6.17 Å². The monoisotopic (exact) mass is 375 g/mol. The maximum absolute atomic E-state index is 14.4. The Kier molecular flexibility index (Phi) is 7.92. The van der Waals surface area contributed by atoms with Crippen LogP contribution < -0.4 is 5.73 Å². The van der Waals surface area contributed by atoms with Crippen LogP contribution in [0.4, 0.5) is 4.39 Å². The molecule has 0 spiro atoms. The van der Waals surface area contributed by atoms with E-state index in [9.17, 15) is 14.3 Å². The van der Waals surface area contributed by atoms with E-state index in [-0.39, 0.29) is 41.2 Å². The van der Waals surface area contributed by atoms with Gasteiger partial charge >= 0.3 is 5.97 Å². The second kappa shape index (κ2) is 8.37. The van der Waals surface area contributed by atoms with E-state index >= 15 is 0 Å². The average molecular weight is 376 g/mol. The molecule has 0 saturated heterocycles. The van der Waals surface area contributed by atoms with Gasteiger partial charge in [-0.05, 0) is 34.9 Å². The molecule has 1 rings (SSSR count). The van der Waals surface area contributed by atoms with Crippen LogP contribution >= 0.6 is 12.4 Å². The molecule has 1 aromatic rings. The summed E-state index contributed by atoms with van der Waals surface area (Å²) in [5.74, 6) is -1.07. The number of aromatic hydroxyl groups is 1. The van der Waals surface area contributed by atoms with Crippen LogP contribution in [0, 0.1) is 0 Å². The first kappa shape index (κ1) is 23.7. The van der Waals surface area contributed by atoms with E-state index in [4.69, 9.17) is 10.5 Å². The van der Waals surface area contributed by atoms with Crippen LogP contribution in [0.15, 0.2) is 12.1 Å². The lowest BCUT2D eigenvalue weighted by Crippen LogP contribution is -2.32. The lowest BCUT2D eigenvalue weighted by Gasteiger charge is -2.29. The molecular formula is C19H31ClFNO3. The molecule has 0 heterocycles. The molecule has 0 aromatic heterocycles. The first-order valence-corrected chi connectivity index (χ1v) is 8.24. The molecule has 0 bridgehead atoms. The third-order valence-corrected chi connectivity index (χ3v) is 4.00. The topological polar surface area (TPSA) is 72.5 Å². The zero-order valence-corrected chi connectivity index (χ0v) is 17.0. The largest absolute Gasteiger partial charge is 0.507 e. The van der Waals surface area contributed by atoms with Crippen LogP contribution in [0.25, 0.3) is 0 Å². The summed E-state index contributed by atoms with van der Waals surface area (Å²) in [6, 6.07) is 2.32. The molecule has 2 atom stereocenters. The van der Waals surface area contributed by atoms with Crippen LogP contribution in [-0.2, 0) is 20.4 Å². The van der Waals surface area contributed by atoms with Gasteiger partial charge in [0.25, 0.3) is 0 Å². The van der Waals surface area contributed by atoms with E-state index in [0.29, 0.717) is 5.56 Å². The second-order valence-corrected chi connectivity index (χ2v) is 8.14. The predicted octanol–water partition coefficient (Wildman–Crippen LogP) is 4.31. The number of nitrogens with two attached hydrogens (primary N) is 1. The third-order valence-electron chi connectivity index (χ3n) is 4.00. The van der Waals surface area contributed by atoms with Gasteiger partial charge in [-0.2, -0.15) is 0 Å². The molecule has 144 valence electrons. The Balaban J connectivity index is 0.00000576. The molecular weight excluding hydrogens is 345 g/mol. The van der Waals surface area contributed by atoms with Crippen molar-refractivity contribution in [3.63, 3.8) is 0 Å². The highest BCUT2D eigenvalue weighted by Gasteiger charge is 2.33. The molecule has 0 saturated carbocycles. The molecule has 0 aliphatic rings. The summed E-state index contributed by atoms with van der Waals surface area (Å²) in [5, 5.41) is 10.6. The van der Waals surface area contributed by atoms with Crippen LogP contribution in [-0.4, -0.2) is 23.9 Å². The van der Waals surface area contributed by atoms with Gasteiger partial charge in [0, 0.05) is 5.56 Å². The number of carbonyl (C=O) groups excluding carboxylic acids is 1. The summed E-state index contributed by atoms with van der Waals surface area (Å²) >= 11 is 0. The number of ether oxygens (including phenoxy) is 1. The number of hydrogen-bond acceptors (Lipinski definition) is 4. The Hall–Kier alpha value is -1.33. The predicted molar refractivity (Wildman–Crippen MR) is 101 cm³/mol. The molecule has 0 amide bonds. The highest BCUT2D eigenvalue weighted by Crippen LogP contribution is 2.40. The minimum absolute atomic E-state index is 0. The fraction of sp³-hybridized carbons (Fsp3) is 0.632. The van der Waals surface area contributed by atoms with Gasteiger partial charge < -0.3 is 15.6 Å². The van der Waals surface area contributed by atoms with Crippen molar-refractivity contribution in [1.29, 1.82) is 0 Å². The van der Waals surface area contributed by atoms with E-state index in [2.05, 4.69) is 0 Å². The molecule has 0 aliphatic heterocycles. The molecule has 1 aromatic carbocycles. The molecule has 0 radical (unpaired) electrons. The Morgan fingerprint density at radius 2 is 1.72 bits per heavy atom. The van der Waals surface area contributed by atoms with Crippen molar-refractivity contribution >= 4 is 18.4 Å². The highest BCUT2D eigenvalue weighted by atomic mass is 35.5. The van der Waals surface area contributed by atoms with Gasteiger partial charge in [0.15, 0.2) is 0 Å². The van der Waals surface area contributed by atoms with E-state index in [1.165, 1.54) is 0 Å². The third kappa shape index (κ3) is 5.58. The second-order valence-electron chi connectivity index (χ2n) is 8.14. The van der Waals surface area contributed by atoms with E-state index in [1.54, 1.807) is 13.0 Å². The average Bonchev–Trinajstić information content (AvgIpc) is 2.43. The van der Waals surface area contributed by atoms with E-state index in [0.717, 1.165) is 5.56 Å². The number of phenolic OH excluding ortho intramolecular Hbond substituents is 1. The van der Waals surface area contributed by atoms with Gasteiger partial charge in [0.05, 0.1) is 12.6 Å². The van der Waals surface area contributed by atoms with Crippen LogP contribution in [0.2, 0.25) is 0 Å². The minimum atomic E-state index is -2.03. The summed E-state index contributed by atoms with van der Waals surface area (Å²) in [7, 11) is 0. The number of benzene rings is 1. The number of esters is 1. The van der Waals surface area contributed by atoms with Gasteiger partial charge in [-0.25, -0.2) is 9.18 Å². The van der Waals surface area contributed by atoms with Crippen molar-refractivity contribution < 1.29 is 19.0 Å². The number of carbonyl (C=O) groups is 1. The van der Waals surface area contributed by atoms with E-state index in [1.807, 2.05) is 47.6 Å². The van der Waals surface area contributed by atoms with Crippen molar-refractivity contribution in [2.75, 3.05) is 6.61 Å². The Bertz CT molecular complexity index is 606. The number of alkyl halides is 1. The Morgan fingerprint density at radius 1 is 1.20 bits per heavy atom. The number of halogens is 2. The molecule has 1 unspecified atom stereocenters. The highest BCUT2D eigenvalue weighted by molar-refractivity contribution is 5.85. The summed E-state index contributed by atoms with van der Waals surface area (Å²) in [6.45, 7) is 13.6. The van der Waals surface area contributed by atoms with Gasteiger partial charge in [0.1, 0.15) is 5.75 Å². The van der Waals surface area contributed by atoms with Crippen molar-refractivity contribution in [3.05, 3.63) is 28.8 Å². The normalized spacial score (nSPS) is 14.4. The standard InChI is InChI=1S/C19H30FNO3.ClH/c1-8-24-17(23)14(20)15(21)12-9-11(18(2,3)4)10-13(16(12)22)19(5,6)7;/h9-10,14-15,22H,8,21H2,1-7H3;1H/t14?,15-;/m0./s1. The van der Waals surface area contributed by atoms with Crippen molar-refractivity contribution in [2.24, 2.45) is 5.73 Å². The Labute approximate surface area is 156 Å². The molecule has 3 N–H and O–H groups in total. The smallest absolute Gasteiger partial charge is 0.342 e. The fourth-order valence-electron chi connectivity index (χ4n) is 2.44. The number of phenols is 1. The van der Waals surface area contributed by atoms with Gasteiger partial charge in [-0.3, -0.25) is 0 Å². The lowest BCUT2D eigenvalue weighted by molar-refractivity contribution is -0.149. The molecule has 0 fully saturated rings. The quantitative estimate of drug-likeness (QED) is 0.769. The molecule has 6 heteroatoms. The van der Waals surface area contributed by atoms with Crippen LogP contribution in [0.1, 0.15) is 71.2 Å². The maximum atomic E-state index is 14.4. The molecule has 0 aliphatic carbocycles. The van der Waals surface area contributed by atoms with Gasteiger partial charge in [-0.1, -0.05) is 47.6 Å². The zero-order chi connectivity index (χ0) is 18.9. The summed E-state index contributed by atoms with van der Waals surface area (Å²) in [6.07, 6.45) is -2.03. The van der Waals surface area contributed by atoms with Crippen LogP contribution in [0.3, 0.4) is 0 Å². The molecule has 25 heavy (non-hydrogen) atoms.